The highest BCUT2D eigenvalue weighted by Gasteiger charge is 2.24. The lowest BCUT2D eigenvalue weighted by molar-refractivity contribution is 0.245. The summed E-state index contributed by atoms with van der Waals surface area (Å²) in [6.45, 7) is 5.07. The average Bonchev–Trinajstić information content (AvgIpc) is 2.84. The second-order valence-corrected chi connectivity index (χ2v) is 4.74. The van der Waals surface area contributed by atoms with Gasteiger partial charge in [0.25, 0.3) is 0 Å². The summed E-state index contributed by atoms with van der Waals surface area (Å²) in [6.07, 6.45) is 2.56. The lowest BCUT2D eigenvalue weighted by Crippen LogP contribution is -2.31. The summed E-state index contributed by atoms with van der Waals surface area (Å²) in [4.78, 5) is 2.47. The van der Waals surface area contributed by atoms with E-state index in [4.69, 9.17) is 10.5 Å². The predicted molar refractivity (Wildman–Crippen MR) is 70.3 cm³/mol. The number of likely N-dealkylation sites (tertiary alicyclic amines) is 1. The third-order valence-electron chi connectivity index (χ3n) is 3.55. The van der Waals surface area contributed by atoms with E-state index in [-0.39, 0.29) is 0 Å². The molecule has 1 saturated heterocycles. The Kier molecular flexibility index (Phi) is 4.02. The number of nitrogens with zero attached hydrogens (tertiary/aromatic N) is 1. The fourth-order valence-electron chi connectivity index (χ4n) is 2.64. The molecule has 1 aliphatic rings. The maximum atomic E-state index is 5.96. The Bertz CT molecular complexity index is 372. The Morgan fingerprint density at radius 2 is 2.06 bits per heavy atom. The summed E-state index contributed by atoms with van der Waals surface area (Å²) in [7, 11) is 1.73. The molecule has 0 radical (unpaired) electrons. The smallest absolute Gasteiger partial charge is 0.123 e. The van der Waals surface area contributed by atoms with E-state index in [0.717, 1.165) is 18.8 Å². The molecule has 94 valence electrons. The van der Waals surface area contributed by atoms with Gasteiger partial charge in [0.15, 0.2) is 0 Å². The van der Waals surface area contributed by atoms with Gasteiger partial charge in [0.05, 0.1) is 13.2 Å². The van der Waals surface area contributed by atoms with Gasteiger partial charge in [0.2, 0.25) is 0 Å². The molecule has 1 unspecified atom stereocenters. The molecule has 0 bridgehead atoms. The van der Waals surface area contributed by atoms with E-state index >= 15 is 0 Å². The number of hydrogen-bond donors (Lipinski definition) is 1. The fourth-order valence-corrected chi connectivity index (χ4v) is 2.64. The Balaban J connectivity index is 2.31. The quantitative estimate of drug-likeness (QED) is 0.867. The van der Waals surface area contributed by atoms with E-state index in [1.807, 2.05) is 6.07 Å². The van der Waals surface area contributed by atoms with Crippen LogP contribution in [0, 0.1) is 6.92 Å². The zero-order valence-electron chi connectivity index (χ0n) is 10.8. The van der Waals surface area contributed by atoms with Crippen LogP contribution < -0.4 is 10.5 Å². The van der Waals surface area contributed by atoms with Crippen LogP contribution in [0.4, 0.5) is 0 Å². The van der Waals surface area contributed by atoms with Crippen LogP contribution in [0.5, 0.6) is 5.75 Å². The van der Waals surface area contributed by atoms with Crippen molar-refractivity contribution in [3.63, 3.8) is 0 Å². The first-order chi connectivity index (χ1) is 8.26. The first-order valence-corrected chi connectivity index (χ1v) is 6.35. The molecular formula is C14H22N2O. The molecule has 0 aliphatic carbocycles. The molecule has 0 amide bonds. The van der Waals surface area contributed by atoms with Crippen molar-refractivity contribution in [2.45, 2.75) is 25.8 Å². The van der Waals surface area contributed by atoms with Crippen LogP contribution in [0.3, 0.4) is 0 Å². The van der Waals surface area contributed by atoms with Crippen molar-refractivity contribution in [3.05, 3.63) is 29.3 Å². The van der Waals surface area contributed by atoms with Crippen molar-refractivity contribution in [3.8, 4) is 5.75 Å². The SMILES string of the molecule is COc1ccc(C)cc1C(CN)N1CCCC1. The van der Waals surface area contributed by atoms with Gasteiger partial charge in [-0.3, -0.25) is 4.90 Å². The Morgan fingerprint density at radius 1 is 1.35 bits per heavy atom. The van der Waals surface area contributed by atoms with Crippen LogP contribution in [-0.4, -0.2) is 31.6 Å². The predicted octanol–water partition coefficient (Wildman–Crippen LogP) is 2.10. The zero-order chi connectivity index (χ0) is 12.3. The van der Waals surface area contributed by atoms with Crippen LogP contribution in [0.2, 0.25) is 0 Å². The van der Waals surface area contributed by atoms with Crippen molar-refractivity contribution < 1.29 is 4.74 Å². The molecule has 1 aliphatic heterocycles. The number of aryl methyl sites for hydroxylation is 1. The highest BCUT2D eigenvalue weighted by Crippen LogP contribution is 2.31. The summed E-state index contributed by atoms with van der Waals surface area (Å²) >= 11 is 0. The van der Waals surface area contributed by atoms with Gasteiger partial charge in [0.1, 0.15) is 5.75 Å². The van der Waals surface area contributed by atoms with Crippen molar-refractivity contribution in [2.24, 2.45) is 5.73 Å². The molecule has 3 nitrogen and oxygen atoms in total. The van der Waals surface area contributed by atoms with Crippen molar-refractivity contribution in [2.75, 3.05) is 26.7 Å². The van der Waals surface area contributed by atoms with E-state index in [2.05, 4.69) is 24.0 Å². The molecule has 0 aromatic heterocycles. The average molecular weight is 234 g/mol. The molecule has 0 saturated carbocycles. The van der Waals surface area contributed by atoms with Gasteiger partial charge in [-0.15, -0.1) is 0 Å². The Morgan fingerprint density at radius 3 is 2.65 bits per heavy atom. The summed E-state index contributed by atoms with van der Waals surface area (Å²) in [6, 6.07) is 6.63. The minimum Gasteiger partial charge on any atom is -0.496 e. The maximum Gasteiger partial charge on any atom is 0.123 e. The van der Waals surface area contributed by atoms with Crippen LogP contribution in [0.1, 0.15) is 30.0 Å². The number of hydrogen-bond acceptors (Lipinski definition) is 3. The summed E-state index contributed by atoms with van der Waals surface area (Å²) in [5.74, 6) is 0.956. The third kappa shape index (κ3) is 2.61. The van der Waals surface area contributed by atoms with Crippen molar-refractivity contribution in [1.29, 1.82) is 0 Å². The molecule has 2 rings (SSSR count). The maximum absolute atomic E-state index is 5.96. The molecule has 1 atom stereocenters. The van der Waals surface area contributed by atoms with Gasteiger partial charge in [-0.25, -0.2) is 0 Å². The normalized spacial score (nSPS) is 18.3. The van der Waals surface area contributed by atoms with E-state index < -0.39 is 0 Å². The monoisotopic (exact) mass is 234 g/mol. The van der Waals surface area contributed by atoms with Gasteiger partial charge in [-0.05, 0) is 38.9 Å². The molecule has 0 spiro atoms. The Labute approximate surface area is 104 Å². The van der Waals surface area contributed by atoms with Crippen molar-refractivity contribution >= 4 is 0 Å². The third-order valence-corrected chi connectivity index (χ3v) is 3.55. The summed E-state index contributed by atoms with van der Waals surface area (Å²) < 4.78 is 5.46. The van der Waals surface area contributed by atoms with Gasteiger partial charge in [0, 0.05) is 12.1 Å². The minimum absolute atomic E-state index is 0.298. The molecule has 1 heterocycles. The number of methoxy groups -OCH3 is 1. The fraction of sp³-hybridized carbons (Fsp3) is 0.571. The highest BCUT2D eigenvalue weighted by atomic mass is 16.5. The summed E-state index contributed by atoms with van der Waals surface area (Å²) in [5.41, 5.74) is 8.46. The first kappa shape index (κ1) is 12.4. The van der Waals surface area contributed by atoms with Crippen LogP contribution in [0.25, 0.3) is 0 Å². The van der Waals surface area contributed by atoms with E-state index in [0.29, 0.717) is 12.6 Å². The number of nitrogens with two attached hydrogens (primary N) is 1. The van der Waals surface area contributed by atoms with Crippen LogP contribution >= 0.6 is 0 Å². The molecular weight excluding hydrogens is 212 g/mol. The lowest BCUT2D eigenvalue weighted by Gasteiger charge is -2.28. The lowest BCUT2D eigenvalue weighted by atomic mass is 10.0. The standard InChI is InChI=1S/C14H22N2O/c1-11-5-6-14(17-2)12(9-11)13(10-15)16-7-3-4-8-16/h5-6,9,13H,3-4,7-8,10,15H2,1-2H3. The number of rotatable bonds is 4. The van der Waals surface area contributed by atoms with E-state index in [9.17, 15) is 0 Å². The number of ether oxygens (including phenoxy) is 1. The Hall–Kier alpha value is -1.06. The molecule has 3 heteroatoms. The topological polar surface area (TPSA) is 38.5 Å². The second kappa shape index (κ2) is 5.52. The van der Waals surface area contributed by atoms with E-state index in [1.54, 1.807) is 7.11 Å². The molecule has 1 aromatic carbocycles. The zero-order valence-corrected chi connectivity index (χ0v) is 10.8. The van der Waals surface area contributed by atoms with Gasteiger partial charge < -0.3 is 10.5 Å². The van der Waals surface area contributed by atoms with Crippen LogP contribution in [-0.2, 0) is 0 Å². The van der Waals surface area contributed by atoms with Gasteiger partial charge >= 0.3 is 0 Å². The second-order valence-electron chi connectivity index (χ2n) is 4.74. The first-order valence-electron chi connectivity index (χ1n) is 6.35. The molecule has 2 N–H and O–H groups in total. The number of benzene rings is 1. The van der Waals surface area contributed by atoms with E-state index in [1.165, 1.54) is 24.0 Å². The largest absolute Gasteiger partial charge is 0.496 e. The van der Waals surface area contributed by atoms with Crippen LogP contribution in [0.15, 0.2) is 18.2 Å². The molecule has 17 heavy (non-hydrogen) atoms. The molecule has 1 aromatic rings. The minimum atomic E-state index is 0.298. The van der Waals surface area contributed by atoms with Gasteiger partial charge in [-0.1, -0.05) is 17.7 Å². The highest BCUT2D eigenvalue weighted by molar-refractivity contribution is 5.39. The van der Waals surface area contributed by atoms with Gasteiger partial charge in [-0.2, -0.15) is 0 Å². The van der Waals surface area contributed by atoms with Crippen molar-refractivity contribution in [1.82, 2.24) is 4.90 Å². The molecule has 1 fully saturated rings. The summed E-state index contributed by atoms with van der Waals surface area (Å²) in [5, 5.41) is 0.